The minimum atomic E-state index is -0.243. The van der Waals surface area contributed by atoms with Gasteiger partial charge in [0.25, 0.3) is 0 Å². The van der Waals surface area contributed by atoms with Crippen LogP contribution in [0, 0.1) is 11.8 Å². The van der Waals surface area contributed by atoms with Crippen LogP contribution in [0.15, 0.2) is 0 Å². The van der Waals surface area contributed by atoms with Crippen LogP contribution in [0.5, 0.6) is 0 Å². The van der Waals surface area contributed by atoms with Crippen molar-refractivity contribution in [2.75, 3.05) is 13.2 Å². The van der Waals surface area contributed by atoms with Gasteiger partial charge in [-0.15, -0.1) is 11.6 Å². The zero-order valence-corrected chi connectivity index (χ0v) is 11.2. The topological polar surface area (TPSA) is 38.3 Å². The first kappa shape index (κ1) is 13.2. The maximum atomic E-state index is 11.9. The van der Waals surface area contributed by atoms with E-state index in [1.165, 1.54) is 12.8 Å². The Morgan fingerprint density at radius 1 is 1.35 bits per heavy atom. The van der Waals surface area contributed by atoms with Crippen LogP contribution >= 0.6 is 11.6 Å². The molecule has 1 aliphatic carbocycles. The molecule has 4 atom stereocenters. The molecule has 0 radical (unpaired) electrons. The number of hydrogen-bond acceptors (Lipinski definition) is 2. The zero-order valence-electron chi connectivity index (χ0n) is 10.5. The maximum absolute atomic E-state index is 11.9. The van der Waals surface area contributed by atoms with Crippen molar-refractivity contribution >= 4 is 17.5 Å². The molecule has 2 fully saturated rings. The second kappa shape index (κ2) is 6.05. The van der Waals surface area contributed by atoms with Gasteiger partial charge in [0.15, 0.2) is 0 Å². The van der Waals surface area contributed by atoms with E-state index < -0.39 is 0 Å². The lowest BCUT2D eigenvalue weighted by Crippen LogP contribution is -2.41. The Morgan fingerprint density at radius 3 is 2.76 bits per heavy atom. The summed E-state index contributed by atoms with van der Waals surface area (Å²) in [4.78, 5) is 11.9. The smallest absolute Gasteiger partial charge is 0.249 e. The zero-order chi connectivity index (χ0) is 12.3. The molecule has 98 valence electrons. The van der Waals surface area contributed by atoms with Gasteiger partial charge in [-0.2, -0.15) is 0 Å². The van der Waals surface area contributed by atoms with E-state index in [0.717, 1.165) is 19.3 Å². The number of amides is 1. The third-order valence-corrected chi connectivity index (χ3v) is 4.58. The molecular formula is C13H22ClNO2. The summed E-state index contributed by atoms with van der Waals surface area (Å²) in [7, 11) is 0. The van der Waals surface area contributed by atoms with E-state index in [-0.39, 0.29) is 17.4 Å². The van der Waals surface area contributed by atoms with Gasteiger partial charge in [-0.3, -0.25) is 4.79 Å². The van der Waals surface area contributed by atoms with Gasteiger partial charge in [0, 0.05) is 18.5 Å². The Balaban J connectivity index is 1.75. The number of hydrogen-bond donors (Lipinski definition) is 1. The second-order valence-corrected chi connectivity index (χ2v) is 5.92. The van der Waals surface area contributed by atoms with Crippen molar-refractivity contribution < 1.29 is 9.53 Å². The van der Waals surface area contributed by atoms with Crippen molar-refractivity contribution in [1.29, 1.82) is 0 Å². The SMILES string of the molecule is CC1CCOC1C(=O)NCC1CCCCC1Cl. The lowest BCUT2D eigenvalue weighted by Gasteiger charge is -2.27. The van der Waals surface area contributed by atoms with Crippen molar-refractivity contribution in [3.8, 4) is 0 Å². The molecule has 1 saturated carbocycles. The quantitative estimate of drug-likeness (QED) is 0.790. The van der Waals surface area contributed by atoms with Gasteiger partial charge in [0.05, 0.1) is 0 Å². The monoisotopic (exact) mass is 259 g/mol. The fraction of sp³-hybridized carbons (Fsp3) is 0.923. The molecule has 1 saturated heterocycles. The highest BCUT2D eigenvalue weighted by Crippen LogP contribution is 2.28. The average Bonchev–Trinajstić information content (AvgIpc) is 2.74. The highest BCUT2D eigenvalue weighted by atomic mass is 35.5. The fourth-order valence-corrected chi connectivity index (χ4v) is 3.12. The molecule has 1 heterocycles. The van der Waals surface area contributed by atoms with Gasteiger partial charge in [0.1, 0.15) is 6.10 Å². The number of rotatable bonds is 3. The Bertz CT molecular complexity index is 272. The van der Waals surface area contributed by atoms with Crippen molar-refractivity contribution in [2.24, 2.45) is 11.8 Å². The largest absolute Gasteiger partial charge is 0.368 e. The lowest BCUT2D eigenvalue weighted by molar-refractivity contribution is -0.131. The van der Waals surface area contributed by atoms with E-state index >= 15 is 0 Å². The molecule has 0 aromatic rings. The lowest BCUT2D eigenvalue weighted by atomic mass is 9.88. The summed E-state index contributed by atoms with van der Waals surface area (Å²) in [6.45, 7) is 3.49. The molecule has 17 heavy (non-hydrogen) atoms. The van der Waals surface area contributed by atoms with Crippen LogP contribution < -0.4 is 5.32 Å². The van der Waals surface area contributed by atoms with Gasteiger partial charge in [-0.25, -0.2) is 0 Å². The number of alkyl halides is 1. The molecule has 2 aliphatic rings. The predicted molar refractivity (Wildman–Crippen MR) is 68.1 cm³/mol. The Morgan fingerprint density at radius 2 is 2.12 bits per heavy atom. The summed E-state index contributed by atoms with van der Waals surface area (Å²) in [5, 5.41) is 3.23. The summed E-state index contributed by atoms with van der Waals surface area (Å²) in [6.07, 6.45) is 5.42. The first-order valence-corrected chi connectivity index (χ1v) is 7.15. The van der Waals surface area contributed by atoms with Crippen LogP contribution in [0.2, 0.25) is 0 Å². The van der Waals surface area contributed by atoms with Gasteiger partial charge in [-0.1, -0.05) is 19.8 Å². The molecule has 4 unspecified atom stereocenters. The minimum Gasteiger partial charge on any atom is -0.368 e. The molecule has 1 amide bonds. The Hall–Kier alpha value is -0.280. The molecule has 1 aliphatic heterocycles. The van der Waals surface area contributed by atoms with E-state index in [4.69, 9.17) is 16.3 Å². The summed E-state index contributed by atoms with van der Waals surface area (Å²) in [5.74, 6) is 0.823. The van der Waals surface area contributed by atoms with Crippen molar-refractivity contribution in [2.45, 2.75) is 50.5 Å². The Kier molecular flexibility index (Phi) is 4.69. The molecule has 3 nitrogen and oxygen atoms in total. The van der Waals surface area contributed by atoms with Crippen LogP contribution in [0.3, 0.4) is 0 Å². The van der Waals surface area contributed by atoms with Crippen LogP contribution in [0.25, 0.3) is 0 Å². The summed E-state index contributed by atoms with van der Waals surface area (Å²) < 4.78 is 5.45. The second-order valence-electron chi connectivity index (χ2n) is 5.36. The van der Waals surface area contributed by atoms with E-state index in [2.05, 4.69) is 12.2 Å². The molecule has 0 bridgehead atoms. The minimum absolute atomic E-state index is 0.0458. The number of halogens is 1. The van der Waals surface area contributed by atoms with Gasteiger partial charge in [-0.05, 0) is 31.1 Å². The molecule has 1 N–H and O–H groups in total. The van der Waals surface area contributed by atoms with E-state index in [9.17, 15) is 4.79 Å². The highest BCUT2D eigenvalue weighted by molar-refractivity contribution is 6.20. The average molecular weight is 260 g/mol. The van der Waals surface area contributed by atoms with Gasteiger partial charge < -0.3 is 10.1 Å². The van der Waals surface area contributed by atoms with E-state index in [1.54, 1.807) is 0 Å². The normalized spacial score (nSPS) is 38.0. The standard InChI is InChI=1S/C13H22ClNO2/c1-9-6-7-17-12(9)13(16)15-8-10-4-2-3-5-11(10)14/h9-12H,2-8H2,1H3,(H,15,16). The van der Waals surface area contributed by atoms with Crippen molar-refractivity contribution in [3.63, 3.8) is 0 Å². The number of carbonyl (C=O) groups is 1. The van der Waals surface area contributed by atoms with Crippen LogP contribution in [-0.4, -0.2) is 30.5 Å². The number of carbonyl (C=O) groups excluding carboxylic acids is 1. The number of ether oxygens (including phenoxy) is 1. The summed E-state index contributed by atoms with van der Waals surface area (Å²) >= 11 is 6.27. The highest BCUT2D eigenvalue weighted by Gasteiger charge is 2.31. The van der Waals surface area contributed by atoms with Crippen molar-refractivity contribution in [3.05, 3.63) is 0 Å². The third-order valence-electron chi connectivity index (χ3n) is 4.00. The molecule has 0 aromatic carbocycles. The predicted octanol–water partition coefficient (Wildman–Crippen LogP) is 2.33. The van der Waals surface area contributed by atoms with Gasteiger partial charge >= 0.3 is 0 Å². The maximum Gasteiger partial charge on any atom is 0.249 e. The molecule has 4 heteroatoms. The third kappa shape index (κ3) is 3.35. The first-order valence-electron chi connectivity index (χ1n) is 6.72. The summed E-state index contributed by atoms with van der Waals surface area (Å²) in [6, 6.07) is 0. The van der Waals surface area contributed by atoms with E-state index in [0.29, 0.717) is 25.0 Å². The van der Waals surface area contributed by atoms with Crippen LogP contribution in [0.4, 0.5) is 0 Å². The van der Waals surface area contributed by atoms with Crippen LogP contribution in [-0.2, 0) is 9.53 Å². The summed E-state index contributed by atoms with van der Waals surface area (Å²) in [5.41, 5.74) is 0. The van der Waals surface area contributed by atoms with Gasteiger partial charge in [0.2, 0.25) is 5.91 Å². The molecule has 2 rings (SSSR count). The molecular weight excluding hydrogens is 238 g/mol. The molecule has 0 spiro atoms. The van der Waals surface area contributed by atoms with Crippen LogP contribution in [0.1, 0.15) is 39.0 Å². The molecule has 0 aromatic heterocycles. The number of nitrogens with one attached hydrogen (secondary N) is 1. The first-order chi connectivity index (χ1) is 8.18. The van der Waals surface area contributed by atoms with E-state index in [1.807, 2.05) is 0 Å². The Labute approximate surface area is 108 Å². The fourth-order valence-electron chi connectivity index (χ4n) is 2.76. The van der Waals surface area contributed by atoms with Crippen molar-refractivity contribution in [1.82, 2.24) is 5.32 Å².